The summed E-state index contributed by atoms with van der Waals surface area (Å²) >= 11 is 6.34. The molecule has 0 unspecified atom stereocenters. The molecule has 0 spiro atoms. The highest BCUT2D eigenvalue weighted by Gasteiger charge is 2.16. The van der Waals surface area contributed by atoms with Crippen molar-refractivity contribution in [3.8, 4) is 0 Å². The summed E-state index contributed by atoms with van der Waals surface area (Å²) in [7, 11) is 0. The Bertz CT molecular complexity index is 954. The van der Waals surface area contributed by atoms with Crippen LogP contribution in [0.5, 0.6) is 0 Å². The van der Waals surface area contributed by atoms with E-state index in [-0.39, 0.29) is 17.9 Å². The van der Waals surface area contributed by atoms with Crippen LogP contribution in [0.15, 0.2) is 47.5 Å². The molecule has 1 aliphatic rings. The third kappa shape index (κ3) is 7.08. The Hall–Kier alpha value is -2.90. The molecule has 0 aliphatic carbocycles. The Morgan fingerprint density at radius 1 is 1.19 bits per heavy atom. The Morgan fingerprint density at radius 3 is 2.61 bits per heavy atom. The van der Waals surface area contributed by atoms with Gasteiger partial charge in [0.05, 0.1) is 23.4 Å². The number of halogens is 1. The second-order valence-electron chi connectivity index (χ2n) is 7.49. The molecule has 0 bridgehead atoms. The quantitative estimate of drug-likeness (QED) is 0.470. The Labute approximate surface area is 187 Å². The molecule has 0 aromatic heterocycles. The number of nitrogens with one attached hydrogen (secondary N) is 3. The molecule has 1 atom stereocenters. The molecule has 164 valence electrons. The van der Waals surface area contributed by atoms with Crippen molar-refractivity contribution in [2.24, 2.45) is 4.99 Å². The molecule has 31 heavy (non-hydrogen) atoms. The van der Waals surface area contributed by atoms with E-state index in [4.69, 9.17) is 16.3 Å². The molecule has 1 aliphatic heterocycles. The van der Waals surface area contributed by atoms with E-state index in [1.807, 2.05) is 25.1 Å². The van der Waals surface area contributed by atoms with E-state index < -0.39 is 0 Å². The van der Waals surface area contributed by atoms with Gasteiger partial charge in [-0.3, -0.25) is 14.9 Å². The molecule has 7 nitrogen and oxygen atoms in total. The Balaban J connectivity index is 1.71. The van der Waals surface area contributed by atoms with Crippen LogP contribution in [0, 0.1) is 6.92 Å². The number of guanidine groups is 1. The maximum absolute atomic E-state index is 12.8. The predicted octanol–water partition coefficient (Wildman–Crippen LogP) is 3.66. The summed E-state index contributed by atoms with van der Waals surface area (Å²) in [4.78, 5) is 28.4. The first-order valence-corrected chi connectivity index (χ1v) is 10.6. The van der Waals surface area contributed by atoms with Gasteiger partial charge >= 0.3 is 0 Å². The number of hydrogen-bond donors (Lipinski definition) is 3. The number of aliphatic imine (C=N–C) groups is 1. The van der Waals surface area contributed by atoms with E-state index in [1.54, 1.807) is 24.3 Å². The summed E-state index contributed by atoms with van der Waals surface area (Å²) in [5.74, 6) is -0.0868. The average molecular weight is 443 g/mol. The molecule has 1 heterocycles. The summed E-state index contributed by atoms with van der Waals surface area (Å²) in [6.07, 6.45) is 2.02. The highest BCUT2D eigenvalue weighted by molar-refractivity contribution is 6.34. The number of aryl methyl sites for hydroxylation is 1. The van der Waals surface area contributed by atoms with Crippen molar-refractivity contribution in [2.45, 2.75) is 39.3 Å². The van der Waals surface area contributed by atoms with Crippen LogP contribution in [0.25, 0.3) is 0 Å². The SMILES string of the molecule is CC(=O)NCc1ccc(C(=O)NC(=NC[C@H]2CCCO2)Nc2ccc(C)cc2Cl)cc1. The number of amides is 2. The number of hydrogen-bond acceptors (Lipinski definition) is 4. The fourth-order valence-corrected chi connectivity index (χ4v) is 3.40. The summed E-state index contributed by atoms with van der Waals surface area (Å²) in [6, 6.07) is 12.7. The topological polar surface area (TPSA) is 91.8 Å². The van der Waals surface area contributed by atoms with Crippen LogP contribution in [-0.2, 0) is 16.1 Å². The molecule has 2 aromatic rings. The number of carbonyl (C=O) groups is 2. The number of benzene rings is 2. The molecule has 1 saturated heterocycles. The number of ether oxygens (including phenoxy) is 1. The number of carbonyl (C=O) groups excluding carboxylic acids is 2. The third-order valence-corrected chi connectivity index (χ3v) is 5.16. The fraction of sp³-hybridized carbons (Fsp3) is 0.348. The first-order valence-electron chi connectivity index (χ1n) is 10.2. The molecule has 3 N–H and O–H groups in total. The minimum atomic E-state index is -0.298. The van der Waals surface area contributed by atoms with Gasteiger partial charge in [-0.15, -0.1) is 0 Å². The molecule has 2 amide bonds. The van der Waals surface area contributed by atoms with Crippen molar-refractivity contribution in [2.75, 3.05) is 18.5 Å². The van der Waals surface area contributed by atoms with Crippen LogP contribution in [-0.4, -0.2) is 37.0 Å². The summed E-state index contributed by atoms with van der Waals surface area (Å²) in [5.41, 5.74) is 3.08. The number of nitrogens with zero attached hydrogens (tertiary/aromatic N) is 1. The standard InChI is InChI=1S/C23H27ClN4O3/c1-15-5-10-21(20(24)12-15)27-23(26-14-19-4-3-11-31-19)28-22(30)18-8-6-17(7-9-18)13-25-16(2)29/h5-10,12,19H,3-4,11,13-14H2,1-2H3,(H,25,29)(H2,26,27,28,30)/t19-/m1/s1. The minimum absolute atomic E-state index is 0.0512. The minimum Gasteiger partial charge on any atom is -0.376 e. The lowest BCUT2D eigenvalue weighted by Gasteiger charge is -2.15. The average Bonchev–Trinajstić information content (AvgIpc) is 3.26. The van der Waals surface area contributed by atoms with E-state index >= 15 is 0 Å². The van der Waals surface area contributed by atoms with Gasteiger partial charge in [0.2, 0.25) is 11.9 Å². The predicted molar refractivity (Wildman–Crippen MR) is 123 cm³/mol. The lowest BCUT2D eigenvalue weighted by Crippen LogP contribution is -2.36. The van der Waals surface area contributed by atoms with Crippen LogP contribution in [0.4, 0.5) is 5.69 Å². The summed E-state index contributed by atoms with van der Waals surface area (Å²) < 4.78 is 5.63. The van der Waals surface area contributed by atoms with Crippen LogP contribution < -0.4 is 16.0 Å². The highest BCUT2D eigenvalue weighted by Crippen LogP contribution is 2.22. The van der Waals surface area contributed by atoms with Crippen molar-refractivity contribution < 1.29 is 14.3 Å². The summed E-state index contributed by atoms with van der Waals surface area (Å²) in [6.45, 7) is 5.02. The fourth-order valence-electron chi connectivity index (χ4n) is 3.12. The zero-order valence-corrected chi connectivity index (χ0v) is 18.5. The molecule has 1 fully saturated rings. The maximum atomic E-state index is 12.8. The second-order valence-corrected chi connectivity index (χ2v) is 7.90. The zero-order chi connectivity index (χ0) is 22.2. The largest absolute Gasteiger partial charge is 0.376 e. The Kier molecular flexibility index (Phi) is 8.03. The van der Waals surface area contributed by atoms with Gasteiger partial charge in [0, 0.05) is 25.6 Å². The monoisotopic (exact) mass is 442 g/mol. The van der Waals surface area contributed by atoms with Gasteiger partial charge < -0.3 is 15.4 Å². The van der Waals surface area contributed by atoms with Gasteiger partial charge in [-0.1, -0.05) is 29.8 Å². The van der Waals surface area contributed by atoms with Crippen molar-refractivity contribution in [1.82, 2.24) is 10.6 Å². The van der Waals surface area contributed by atoms with E-state index in [0.717, 1.165) is 30.6 Å². The molecule has 0 radical (unpaired) electrons. The van der Waals surface area contributed by atoms with Crippen molar-refractivity contribution in [3.63, 3.8) is 0 Å². The smallest absolute Gasteiger partial charge is 0.257 e. The Morgan fingerprint density at radius 2 is 1.97 bits per heavy atom. The first-order chi connectivity index (χ1) is 14.9. The van der Waals surface area contributed by atoms with Crippen LogP contribution >= 0.6 is 11.6 Å². The molecular formula is C23H27ClN4O3. The van der Waals surface area contributed by atoms with Gasteiger partial charge in [-0.25, -0.2) is 4.99 Å². The van der Waals surface area contributed by atoms with E-state index in [0.29, 0.717) is 35.3 Å². The lowest BCUT2D eigenvalue weighted by atomic mass is 10.1. The summed E-state index contributed by atoms with van der Waals surface area (Å²) in [5, 5.41) is 9.23. The molecule has 3 rings (SSSR count). The molecule has 8 heteroatoms. The lowest BCUT2D eigenvalue weighted by molar-refractivity contribution is -0.119. The normalized spacial score (nSPS) is 16.1. The van der Waals surface area contributed by atoms with Crippen molar-refractivity contribution in [3.05, 3.63) is 64.2 Å². The van der Waals surface area contributed by atoms with Gasteiger partial charge in [0.15, 0.2) is 0 Å². The second kappa shape index (κ2) is 10.9. The number of rotatable bonds is 6. The van der Waals surface area contributed by atoms with Crippen LogP contribution in [0.1, 0.15) is 41.3 Å². The van der Waals surface area contributed by atoms with Crippen LogP contribution in [0.2, 0.25) is 5.02 Å². The number of anilines is 1. The van der Waals surface area contributed by atoms with Gasteiger partial charge in [0.1, 0.15) is 0 Å². The van der Waals surface area contributed by atoms with Gasteiger partial charge in [-0.05, 0) is 55.2 Å². The molecule has 0 saturated carbocycles. The molecular weight excluding hydrogens is 416 g/mol. The van der Waals surface area contributed by atoms with Gasteiger partial charge in [0.25, 0.3) is 5.91 Å². The van der Waals surface area contributed by atoms with Crippen LogP contribution in [0.3, 0.4) is 0 Å². The zero-order valence-electron chi connectivity index (χ0n) is 17.7. The van der Waals surface area contributed by atoms with Crippen molar-refractivity contribution >= 4 is 35.1 Å². The van der Waals surface area contributed by atoms with Gasteiger partial charge in [-0.2, -0.15) is 0 Å². The molecule has 2 aromatic carbocycles. The highest BCUT2D eigenvalue weighted by atomic mass is 35.5. The van der Waals surface area contributed by atoms with E-state index in [2.05, 4.69) is 20.9 Å². The maximum Gasteiger partial charge on any atom is 0.257 e. The van der Waals surface area contributed by atoms with E-state index in [9.17, 15) is 9.59 Å². The van der Waals surface area contributed by atoms with Crippen molar-refractivity contribution in [1.29, 1.82) is 0 Å². The first kappa shape index (κ1) is 22.8. The van der Waals surface area contributed by atoms with E-state index in [1.165, 1.54) is 6.92 Å². The third-order valence-electron chi connectivity index (χ3n) is 4.84.